The molecule has 0 rings (SSSR count). The van der Waals surface area contributed by atoms with Crippen LogP contribution in [0.2, 0.25) is 0 Å². The molecule has 0 fully saturated rings. The van der Waals surface area contributed by atoms with Crippen molar-refractivity contribution in [2.75, 3.05) is 6.54 Å². The zero-order valence-corrected chi connectivity index (χ0v) is 7.06. The van der Waals surface area contributed by atoms with Gasteiger partial charge in [-0.05, 0) is 19.9 Å². The second-order valence-corrected chi connectivity index (χ2v) is 2.69. The Morgan fingerprint density at radius 1 is 1.30 bits per heavy atom. The van der Waals surface area contributed by atoms with Gasteiger partial charge in [-0.3, -0.25) is 5.32 Å². The number of rotatable bonds is 6. The molecule has 1 atom stereocenters. The van der Waals surface area contributed by atoms with Crippen molar-refractivity contribution in [1.29, 1.82) is 0 Å². The van der Waals surface area contributed by atoms with Crippen LogP contribution in [0, 0.1) is 0 Å². The van der Waals surface area contributed by atoms with Gasteiger partial charge in [0.1, 0.15) is 6.23 Å². The number of hydrogen-bond donors (Lipinski definition) is 2. The maximum absolute atomic E-state index is 8.80. The molecule has 0 aromatic heterocycles. The first-order valence-electron chi connectivity index (χ1n) is 4.18. The smallest absolute Gasteiger partial charge is 0.102 e. The summed E-state index contributed by atoms with van der Waals surface area (Å²) in [7, 11) is 0. The standard InChI is InChI=1S/C8H19NO/c1-3-4-5-6-7-9-8(2)10/h8-10H,3-7H2,1-2H3. The first-order valence-corrected chi connectivity index (χ1v) is 4.18. The molecule has 2 N–H and O–H groups in total. The van der Waals surface area contributed by atoms with E-state index < -0.39 is 0 Å². The third-order valence-electron chi connectivity index (χ3n) is 1.47. The summed E-state index contributed by atoms with van der Waals surface area (Å²) < 4.78 is 0. The Labute approximate surface area is 63.6 Å². The fourth-order valence-electron chi connectivity index (χ4n) is 0.863. The highest BCUT2D eigenvalue weighted by Crippen LogP contribution is 1.96. The van der Waals surface area contributed by atoms with E-state index in [0.717, 1.165) is 6.54 Å². The van der Waals surface area contributed by atoms with Crippen LogP contribution in [0.25, 0.3) is 0 Å². The molecule has 0 saturated carbocycles. The Morgan fingerprint density at radius 2 is 2.00 bits per heavy atom. The predicted molar refractivity (Wildman–Crippen MR) is 43.8 cm³/mol. The van der Waals surface area contributed by atoms with E-state index in [-0.39, 0.29) is 6.23 Å². The van der Waals surface area contributed by atoms with Crippen LogP contribution in [-0.4, -0.2) is 17.9 Å². The molecule has 0 aliphatic rings. The molecule has 0 bridgehead atoms. The predicted octanol–water partition coefficient (Wildman–Crippen LogP) is 1.49. The van der Waals surface area contributed by atoms with Crippen LogP contribution in [0.15, 0.2) is 0 Å². The van der Waals surface area contributed by atoms with Gasteiger partial charge in [-0.15, -0.1) is 0 Å². The molecule has 1 unspecified atom stereocenters. The summed E-state index contributed by atoms with van der Waals surface area (Å²) in [6.45, 7) is 4.89. The van der Waals surface area contributed by atoms with Gasteiger partial charge in [0.15, 0.2) is 0 Å². The average Bonchev–Trinajstić information content (AvgIpc) is 1.87. The molecule has 0 heterocycles. The summed E-state index contributed by atoms with van der Waals surface area (Å²) in [5, 5.41) is 11.8. The number of unbranched alkanes of at least 4 members (excludes halogenated alkanes) is 3. The Bertz CT molecular complexity index is 64.3. The summed E-state index contributed by atoms with van der Waals surface area (Å²) >= 11 is 0. The minimum absolute atomic E-state index is 0.346. The lowest BCUT2D eigenvalue weighted by molar-refractivity contribution is 0.156. The molecule has 2 nitrogen and oxygen atoms in total. The monoisotopic (exact) mass is 145 g/mol. The highest BCUT2D eigenvalue weighted by molar-refractivity contribution is 4.47. The molecule has 0 amide bonds. The Balaban J connectivity index is 2.77. The van der Waals surface area contributed by atoms with Gasteiger partial charge in [0.2, 0.25) is 0 Å². The molecule has 0 radical (unpaired) electrons. The van der Waals surface area contributed by atoms with E-state index in [1.54, 1.807) is 6.92 Å². The van der Waals surface area contributed by atoms with Gasteiger partial charge in [-0.1, -0.05) is 26.2 Å². The van der Waals surface area contributed by atoms with Crippen molar-refractivity contribution in [1.82, 2.24) is 5.32 Å². The van der Waals surface area contributed by atoms with Crippen LogP contribution in [0.4, 0.5) is 0 Å². The van der Waals surface area contributed by atoms with Crippen molar-refractivity contribution >= 4 is 0 Å². The first kappa shape index (κ1) is 9.92. The maximum Gasteiger partial charge on any atom is 0.102 e. The van der Waals surface area contributed by atoms with Crippen LogP contribution >= 0.6 is 0 Å². The van der Waals surface area contributed by atoms with E-state index in [2.05, 4.69) is 12.2 Å². The van der Waals surface area contributed by atoms with Crippen molar-refractivity contribution in [2.24, 2.45) is 0 Å². The minimum Gasteiger partial charge on any atom is -0.379 e. The minimum atomic E-state index is -0.346. The van der Waals surface area contributed by atoms with Crippen molar-refractivity contribution in [3.05, 3.63) is 0 Å². The second kappa shape index (κ2) is 7.03. The van der Waals surface area contributed by atoms with E-state index in [1.165, 1.54) is 25.7 Å². The zero-order valence-electron chi connectivity index (χ0n) is 7.06. The molecular weight excluding hydrogens is 126 g/mol. The molecular formula is C8H19NO. The van der Waals surface area contributed by atoms with Gasteiger partial charge in [0.05, 0.1) is 0 Å². The first-order chi connectivity index (χ1) is 4.77. The Hall–Kier alpha value is -0.0800. The molecule has 0 aromatic rings. The zero-order chi connectivity index (χ0) is 7.82. The second-order valence-electron chi connectivity index (χ2n) is 2.69. The lowest BCUT2D eigenvalue weighted by atomic mass is 10.2. The Kier molecular flexibility index (Phi) is 6.98. The number of aliphatic hydroxyl groups is 1. The Morgan fingerprint density at radius 3 is 2.50 bits per heavy atom. The van der Waals surface area contributed by atoms with Gasteiger partial charge < -0.3 is 5.11 Å². The van der Waals surface area contributed by atoms with Crippen molar-refractivity contribution in [3.63, 3.8) is 0 Å². The normalized spacial score (nSPS) is 13.5. The van der Waals surface area contributed by atoms with Crippen LogP contribution in [-0.2, 0) is 0 Å². The highest BCUT2D eigenvalue weighted by Gasteiger charge is 1.91. The fraction of sp³-hybridized carbons (Fsp3) is 1.00. The highest BCUT2D eigenvalue weighted by atomic mass is 16.3. The maximum atomic E-state index is 8.80. The van der Waals surface area contributed by atoms with E-state index >= 15 is 0 Å². The van der Waals surface area contributed by atoms with Gasteiger partial charge >= 0.3 is 0 Å². The van der Waals surface area contributed by atoms with E-state index in [9.17, 15) is 0 Å². The average molecular weight is 145 g/mol. The molecule has 0 saturated heterocycles. The molecule has 0 aliphatic carbocycles. The summed E-state index contributed by atoms with van der Waals surface area (Å²) in [6.07, 6.45) is 4.69. The van der Waals surface area contributed by atoms with E-state index in [4.69, 9.17) is 5.11 Å². The summed E-state index contributed by atoms with van der Waals surface area (Å²) in [5.74, 6) is 0. The number of aliphatic hydroxyl groups excluding tert-OH is 1. The molecule has 0 spiro atoms. The molecule has 10 heavy (non-hydrogen) atoms. The van der Waals surface area contributed by atoms with Crippen molar-refractivity contribution < 1.29 is 5.11 Å². The van der Waals surface area contributed by atoms with Crippen LogP contribution in [0.5, 0.6) is 0 Å². The molecule has 2 heteroatoms. The van der Waals surface area contributed by atoms with Crippen LogP contribution in [0.1, 0.15) is 39.5 Å². The number of hydrogen-bond acceptors (Lipinski definition) is 2. The molecule has 0 aliphatic heterocycles. The quantitative estimate of drug-likeness (QED) is 0.438. The largest absolute Gasteiger partial charge is 0.379 e. The van der Waals surface area contributed by atoms with Gasteiger partial charge in [-0.2, -0.15) is 0 Å². The fourth-order valence-corrected chi connectivity index (χ4v) is 0.863. The third kappa shape index (κ3) is 7.92. The lowest BCUT2D eigenvalue weighted by Crippen LogP contribution is -2.26. The van der Waals surface area contributed by atoms with Crippen LogP contribution in [0.3, 0.4) is 0 Å². The van der Waals surface area contributed by atoms with Gasteiger partial charge in [0, 0.05) is 0 Å². The van der Waals surface area contributed by atoms with Gasteiger partial charge in [0.25, 0.3) is 0 Å². The molecule has 62 valence electrons. The van der Waals surface area contributed by atoms with Gasteiger partial charge in [-0.25, -0.2) is 0 Å². The van der Waals surface area contributed by atoms with Crippen molar-refractivity contribution in [2.45, 2.75) is 45.8 Å². The van der Waals surface area contributed by atoms with Crippen LogP contribution < -0.4 is 5.32 Å². The SMILES string of the molecule is CCCCCCNC(C)O. The third-order valence-corrected chi connectivity index (χ3v) is 1.47. The molecule has 0 aromatic carbocycles. The van der Waals surface area contributed by atoms with Crippen molar-refractivity contribution in [3.8, 4) is 0 Å². The summed E-state index contributed by atoms with van der Waals surface area (Å²) in [6, 6.07) is 0. The summed E-state index contributed by atoms with van der Waals surface area (Å²) in [4.78, 5) is 0. The number of nitrogens with one attached hydrogen (secondary N) is 1. The summed E-state index contributed by atoms with van der Waals surface area (Å²) in [5.41, 5.74) is 0. The lowest BCUT2D eigenvalue weighted by Gasteiger charge is -2.05. The van der Waals surface area contributed by atoms with E-state index in [0.29, 0.717) is 0 Å². The van der Waals surface area contributed by atoms with E-state index in [1.807, 2.05) is 0 Å². The topological polar surface area (TPSA) is 32.3 Å².